The fraction of sp³-hybridized carbons (Fsp3) is 0.100. The van der Waals surface area contributed by atoms with E-state index in [1.54, 1.807) is 12.1 Å². The zero-order chi connectivity index (χ0) is 12.2. The molecule has 0 unspecified atom stereocenters. The van der Waals surface area contributed by atoms with Crippen LogP contribution in [0.5, 0.6) is 5.75 Å². The lowest BCUT2D eigenvalue weighted by molar-refractivity contribution is -0.107. The Morgan fingerprint density at radius 2 is 1.88 bits per heavy atom. The van der Waals surface area contributed by atoms with Crippen LogP contribution in [0.4, 0.5) is 0 Å². The third kappa shape index (κ3) is 4.95. The molecule has 1 aromatic rings. The maximum absolute atomic E-state index is 10.8. The summed E-state index contributed by atoms with van der Waals surface area (Å²) in [6, 6.07) is 6.19. The van der Waals surface area contributed by atoms with Crippen molar-refractivity contribution in [2.75, 3.05) is 6.26 Å². The molecule has 0 saturated carbocycles. The Morgan fingerprint density at radius 3 is 2.31 bits per heavy atom. The molecular weight excluding hydrogens is 252 g/mol. The molecule has 0 bridgehead atoms. The molecule has 0 amide bonds. The van der Waals surface area contributed by atoms with Gasteiger partial charge in [-0.2, -0.15) is 8.42 Å². The van der Waals surface area contributed by atoms with E-state index < -0.39 is 15.4 Å². The minimum Gasteiger partial charge on any atom is -0.383 e. The summed E-state index contributed by atoms with van der Waals surface area (Å²) in [6.07, 6.45) is 3.68. The molecule has 0 atom stereocenters. The van der Waals surface area contributed by atoms with Crippen molar-refractivity contribution in [3.05, 3.63) is 35.9 Å². The van der Waals surface area contributed by atoms with E-state index in [0.29, 0.717) is 0 Å². The van der Waals surface area contributed by atoms with Crippen LogP contribution in [-0.4, -0.2) is 19.9 Å². The molecule has 1 aromatic carbocycles. The van der Waals surface area contributed by atoms with Gasteiger partial charge in [0.15, 0.2) is 0 Å². The number of halogens is 1. The van der Waals surface area contributed by atoms with Gasteiger partial charge >= 0.3 is 10.1 Å². The summed E-state index contributed by atoms with van der Waals surface area (Å²) in [5.74, 6) is 0.219. The van der Waals surface area contributed by atoms with Gasteiger partial charge in [-0.05, 0) is 35.4 Å². The van der Waals surface area contributed by atoms with Gasteiger partial charge in [0.05, 0.1) is 6.26 Å². The average Bonchev–Trinajstić information content (AvgIpc) is 2.14. The Balaban J connectivity index is 2.79. The molecule has 0 aromatic heterocycles. The molecule has 0 radical (unpaired) electrons. The minimum absolute atomic E-state index is 0.219. The van der Waals surface area contributed by atoms with Crippen LogP contribution in [0.3, 0.4) is 0 Å². The highest BCUT2D eigenvalue weighted by atomic mass is 35.5. The quantitative estimate of drug-likeness (QED) is 0.471. The van der Waals surface area contributed by atoms with Gasteiger partial charge in [-0.1, -0.05) is 18.2 Å². The SMILES string of the molecule is CS(=O)(=O)Oc1ccc(/C=C/C(=O)Cl)cc1. The van der Waals surface area contributed by atoms with Gasteiger partial charge in [0.2, 0.25) is 5.24 Å². The van der Waals surface area contributed by atoms with Crippen LogP contribution in [0, 0.1) is 0 Å². The van der Waals surface area contributed by atoms with Gasteiger partial charge in [0.25, 0.3) is 0 Å². The third-order valence-electron chi connectivity index (χ3n) is 1.53. The van der Waals surface area contributed by atoms with Crippen molar-refractivity contribution in [3.8, 4) is 5.75 Å². The van der Waals surface area contributed by atoms with Crippen LogP contribution in [0.1, 0.15) is 5.56 Å². The molecule has 0 N–H and O–H groups in total. The lowest BCUT2D eigenvalue weighted by Gasteiger charge is -2.02. The van der Waals surface area contributed by atoms with Crippen molar-refractivity contribution in [2.45, 2.75) is 0 Å². The first-order valence-corrected chi connectivity index (χ1v) is 6.43. The number of rotatable bonds is 4. The van der Waals surface area contributed by atoms with E-state index >= 15 is 0 Å². The normalized spacial score (nSPS) is 11.6. The molecule has 0 fully saturated rings. The molecule has 0 saturated heterocycles. The first-order chi connectivity index (χ1) is 7.37. The maximum atomic E-state index is 10.8. The van der Waals surface area contributed by atoms with Gasteiger partial charge in [-0.3, -0.25) is 4.79 Å². The van der Waals surface area contributed by atoms with Gasteiger partial charge in [0.1, 0.15) is 5.75 Å². The van der Waals surface area contributed by atoms with E-state index in [1.807, 2.05) is 0 Å². The molecule has 1 rings (SSSR count). The second-order valence-electron chi connectivity index (χ2n) is 2.99. The molecule has 16 heavy (non-hydrogen) atoms. The number of hydrogen-bond donors (Lipinski definition) is 0. The predicted octanol–water partition coefficient (Wildman–Crippen LogP) is 1.80. The minimum atomic E-state index is -3.51. The Labute approximate surface area is 98.6 Å². The van der Waals surface area contributed by atoms with Crippen molar-refractivity contribution in [1.29, 1.82) is 0 Å². The Morgan fingerprint density at radius 1 is 1.31 bits per heavy atom. The Kier molecular flexibility index (Phi) is 4.09. The second-order valence-corrected chi connectivity index (χ2v) is 4.94. The topological polar surface area (TPSA) is 60.4 Å². The summed E-state index contributed by atoms with van der Waals surface area (Å²) in [4.78, 5) is 10.4. The zero-order valence-electron chi connectivity index (χ0n) is 8.38. The summed E-state index contributed by atoms with van der Waals surface area (Å²) < 4.78 is 26.2. The number of benzene rings is 1. The van der Waals surface area contributed by atoms with E-state index in [4.69, 9.17) is 11.6 Å². The summed E-state index contributed by atoms with van der Waals surface area (Å²) in [5.41, 5.74) is 0.717. The summed E-state index contributed by atoms with van der Waals surface area (Å²) in [7, 11) is -3.51. The van der Waals surface area contributed by atoms with Crippen molar-refractivity contribution >= 4 is 33.0 Å². The smallest absolute Gasteiger partial charge is 0.306 e. The van der Waals surface area contributed by atoms with Gasteiger partial charge in [0, 0.05) is 0 Å². The first kappa shape index (κ1) is 12.7. The fourth-order valence-corrected chi connectivity index (χ4v) is 1.49. The van der Waals surface area contributed by atoms with E-state index in [-0.39, 0.29) is 5.75 Å². The molecule has 0 aliphatic rings. The van der Waals surface area contributed by atoms with Gasteiger partial charge < -0.3 is 4.18 Å². The summed E-state index contributed by atoms with van der Waals surface area (Å²) in [5, 5.41) is -0.573. The lowest BCUT2D eigenvalue weighted by atomic mass is 10.2. The summed E-state index contributed by atoms with van der Waals surface area (Å²) in [6.45, 7) is 0. The van der Waals surface area contributed by atoms with E-state index in [0.717, 1.165) is 11.8 Å². The van der Waals surface area contributed by atoms with Crippen molar-refractivity contribution in [2.24, 2.45) is 0 Å². The molecule has 4 nitrogen and oxygen atoms in total. The highest BCUT2D eigenvalue weighted by molar-refractivity contribution is 7.86. The first-order valence-electron chi connectivity index (χ1n) is 4.24. The fourth-order valence-electron chi connectivity index (χ4n) is 0.971. The van der Waals surface area contributed by atoms with E-state index in [9.17, 15) is 13.2 Å². The highest BCUT2D eigenvalue weighted by Crippen LogP contribution is 2.14. The lowest BCUT2D eigenvalue weighted by Crippen LogP contribution is -2.05. The van der Waals surface area contributed by atoms with Gasteiger partial charge in [-0.15, -0.1) is 0 Å². The van der Waals surface area contributed by atoms with Crippen molar-refractivity contribution < 1.29 is 17.4 Å². The van der Waals surface area contributed by atoms with Crippen LogP contribution in [0.15, 0.2) is 30.3 Å². The van der Waals surface area contributed by atoms with E-state index in [2.05, 4.69) is 4.18 Å². The molecule has 0 spiro atoms. The highest BCUT2D eigenvalue weighted by Gasteiger charge is 2.02. The van der Waals surface area contributed by atoms with Crippen LogP contribution in [-0.2, 0) is 14.9 Å². The van der Waals surface area contributed by atoms with Crippen LogP contribution in [0.2, 0.25) is 0 Å². The van der Waals surface area contributed by atoms with Gasteiger partial charge in [-0.25, -0.2) is 0 Å². The zero-order valence-corrected chi connectivity index (χ0v) is 9.96. The Hall–Kier alpha value is -1.33. The molecule has 6 heteroatoms. The standard InChI is InChI=1S/C10H9ClO4S/c1-16(13,14)15-9-5-2-8(3-6-9)4-7-10(11)12/h2-7H,1H3/b7-4+. The van der Waals surface area contributed by atoms with Crippen LogP contribution < -0.4 is 4.18 Å². The van der Waals surface area contributed by atoms with Crippen LogP contribution in [0.25, 0.3) is 6.08 Å². The molecule has 0 aliphatic heterocycles. The van der Waals surface area contributed by atoms with Crippen molar-refractivity contribution in [3.63, 3.8) is 0 Å². The average molecular weight is 261 g/mol. The predicted molar refractivity (Wildman–Crippen MR) is 61.8 cm³/mol. The van der Waals surface area contributed by atoms with Crippen molar-refractivity contribution in [1.82, 2.24) is 0 Å². The maximum Gasteiger partial charge on any atom is 0.306 e. The molecule has 0 aliphatic carbocycles. The second kappa shape index (κ2) is 5.14. The third-order valence-corrected chi connectivity index (χ3v) is 2.16. The monoisotopic (exact) mass is 260 g/mol. The molecule has 0 heterocycles. The van der Waals surface area contributed by atoms with Crippen LogP contribution >= 0.6 is 11.6 Å². The largest absolute Gasteiger partial charge is 0.383 e. The summed E-state index contributed by atoms with van der Waals surface area (Å²) >= 11 is 5.12. The number of allylic oxidation sites excluding steroid dienone is 1. The molecular formula is C10H9ClO4S. The van der Waals surface area contributed by atoms with E-state index in [1.165, 1.54) is 24.3 Å². The Bertz CT molecular complexity index is 502. The molecule has 86 valence electrons. The number of carbonyl (C=O) groups is 1. The number of carbonyl (C=O) groups excluding carboxylic acids is 1. The number of hydrogen-bond acceptors (Lipinski definition) is 4.